The van der Waals surface area contributed by atoms with Crippen molar-refractivity contribution in [2.45, 2.75) is 38.7 Å². The van der Waals surface area contributed by atoms with Crippen molar-refractivity contribution in [2.24, 2.45) is 5.92 Å². The van der Waals surface area contributed by atoms with Crippen LogP contribution in [0, 0.1) is 5.92 Å². The highest BCUT2D eigenvalue weighted by Gasteiger charge is 2.45. The molecule has 5 heteroatoms. The van der Waals surface area contributed by atoms with Crippen LogP contribution in [0.25, 0.3) is 0 Å². The molecule has 1 aliphatic rings. The minimum absolute atomic E-state index is 0.0387. The lowest BCUT2D eigenvalue weighted by atomic mass is 9.93. The summed E-state index contributed by atoms with van der Waals surface area (Å²) in [5.41, 5.74) is 0. The lowest BCUT2D eigenvalue weighted by Crippen LogP contribution is -2.53. The number of alkyl halides is 2. The zero-order valence-electron chi connectivity index (χ0n) is 9.15. The normalized spacial score (nSPS) is 27.1. The Kier molecular flexibility index (Phi) is 4.02. The number of carbonyl (C=O) groups is 1. The number of amides is 1. The van der Waals surface area contributed by atoms with Crippen LogP contribution >= 0.6 is 0 Å². The van der Waals surface area contributed by atoms with Crippen molar-refractivity contribution in [3.63, 3.8) is 0 Å². The van der Waals surface area contributed by atoms with Gasteiger partial charge in [0.15, 0.2) is 0 Å². The van der Waals surface area contributed by atoms with E-state index in [0.29, 0.717) is 6.54 Å². The van der Waals surface area contributed by atoms with E-state index in [9.17, 15) is 13.6 Å². The highest BCUT2D eigenvalue weighted by atomic mass is 19.3. The molecule has 1 rings (SSSR count). The van der Waals surface area contributed by atoms with Crippen LogP contribution in [0.2, 0.25) is 0 Å². The third-order valence-corrected chi connectivity index (χ3v) is 2.80. The molecular weight excluding hydrogens is 202 g/mol. The third-order valence-electron chi connectivity index (χ3n) is 2.80. The predicted octanol–water partition coefficient (Wildman–Crippen LogP) is 1.15. The molecule has 3 nitrogen and oxygen atoms in total. The molecule has 0 bridgehead atoms. The lowest BCUT2D eigenvalue weighted by Gasteiger charge is -2.31. The van der Waals surface area contributed by atoms with Crippen molar-refractivity contribution in [3.05, 3.63) is 0 Å². The van der Waals surface area contributed by atoms with E-state index in [-0.39, 0.29) is 12.5 Å². The van der Waals surface area contributed by atoms with Crippen LogP contribution < -0.4 is 10.6 Å². The van der Waals surface area contributed by atoms with Crippen LogP contribution in [0.3, 0.4) is 0 Å². The molecule has 0 aromatic rings. The maximum atomic E-state index is 13.4. The molecule has 15 heavy (non-hydrogen) atoms. The molecule has 0 aliphatic carbocycles. The summed E-state index contributed by atoms with van der Waals surface area (Å²) in [4.78, 5) is 11.6. The maximum absolute atomic E-state index is 13.4. The molecule has 0 radical (unpaired) electrons. The van der Waals surface area contributed by atoms with Crippen LogP contribution in [-0.2, 0) is 4.79 Å². The topological polar surface area (TPSA) is 41.1 Å². The fraction of sp³-hybridized carbons (Fsp3) is 0.900. The minimum atomic E-state index is -2.92. The van der Waals surface area contributed by atoms with Gasteiger partial charge in [-0.05, 0) is 26.3 Å². The van der Waals surface area contributed by atoms with Crippen molar-refractivity contribution in [2.75, 3.05) is 13.1 Å². The number of nitrogens with one attached hydrogen (secondary N) is 2. The first-order chi connectivity index (χ1) is 6.97. The molecule has 2 atom stereocenters. The second-order valence-electron chi connectivity index (χ2n) is 4.10. The van der Waals surface area contributed by atoms with Gasteiger partial charge in [-0.2, -0.15) is 0 Å². The van der Waals surface area contributed by atoms with Gasteiger partial charge >= 0.3 is 0 Å². The number of hydrogen-bond acceptors (Lipinski definition) is 2. The first-order valence-corrected chi connectivity index (χ1v) is 5.36. The summed E-state index contributed by atoms with van der Waals surface area (Å²) in [5.74, 6) is -4.61. The van der Waals surface area contributed by atoms with E-state index < -0.39 is 24.3 Å². The molecule has 0 saturated carbocycles. The molecular formula is C10H18F2N2O. The van der Waals surface area contributed by atoms with Gasteiger partial charge in [0.2, 0.25) is 5.91 Å². The van der Waals surface area contributed by atoms with Gasteiger partial charge < -0.3 is 10.6 Å². The second kappa shape index (κ2) is 4.88. The summed E-state index contributed by atoms with van der Waals surface area (Å²) < 4.78 is 26.7. The highest BCUT2D eigenvalue weighted by molar-refractivity contribution is 5.80. The van der Waals surface area contributed by atoms with E-state index in [1.807, 2.05) is 13.8 Å². The van der Waals surface area contributed by atoms with E-state index in [2.05, 4.69) is 10.6 Å². The van der Waals surface area contributed by atoms with Gasteiger partial charge in [-0.3, -0.25) is 4.79 Å². The first kappa shape index (κ1) is 12.4. The van der Waals surface area contributed by atoms with Gasteiger partial charge in [0, 0.05) is 6.04 Å². The van der Waals surface area contributed by atoms with Gasteiger partial charge in [0.05, 0.1) is 6.54 Å². The average molecular weight is 220 g/mol. The Hall–Kier alpha value is -0.710. The first-order valence-electron chi connectivity index (χ1n) is 5.36. The highest BCUT2D eigenvalue weighted by Crippen LogP contribution is 2.29. The molecule has 1 heterocycles. The van der Waals surface area contributed by atoms with Crippen molar-refractivity contribution in [1.29, 1.82) is 0 Å². The second-order valence-corrected chi connectivity index (χ2v) is 4.10. The summed E-state index contributed by atoms with van der Waals surface area (Å²) >= 11 is 0. The summed E-state index contributed by atoms with van der Waals surface area (Å²) in [7, 11) is 0. The number of hydrogen-bond donors (Lipinski definition) is 2. The fourth-order valence-corrected chi connectivity index (χ4v) is 1.60. The molecule has 88 valence electrons. The molecule has 1 fully saturated rings. The summed E-state index contributed by atoms with van der Waals surface area (Å²) in [6.07, 6.45) is 0.956. The van der Waals surface area contributed by atoms with Crippen LogP contribution in [0.15, 0.2) is 0 Å². The van der Waals surface area contributed by atoms with Crippen LogP contribution in [-0.4, -0.2) is 31.0 Å². The predicted molar refractivity (Wildman–Crippen MR) is 53.8 cm³/mol. The minimum Gasteiger partial charge on any atom is -0.353 e. The SMILES string of the molecule is CCC(C)NC(=O)C1CCNCC1(F)F. The van der Waals surface area contributed by atoms with Crippen molar-refractivity contribution >= 4 is 5.91 Å². The zero-order chi connectivity index (χ0) is 11.5. The van der Waals surface area contributed by atoms with Crippen molar-refractivity contribution in [3.8, 4) is 0 Å². The van der Waals surface area contributed by atoms with Crippen molar-refractivity contribution < 1.29 is 13.6 Å². The quantitative estimate of drug-likeness (QED) is 0.749. The van der Waals surface area contributed by atoms with Gasteiger partial charge in [-0.25, -0.2) is 8.78 Å². The molecule has 2 unspecified atom stereocenters. The number of halogens is 2. The van der Waals surface area contributed by atoms with Gasteiger partial charge in [-0.15, -0.1) is 0 Å². The van der Waals surface area contributed by atoms with Crippen LogP contribution in [0.5, 0.6) is 0 Å². The Morgan fingerprint density at radius 1 is 1.67 bits per heavy atom. The standard InChI is InChI=1S/C10H18F2N2O/c1-3-7(2)14-9(15)8-4-5-13-6-10(8,11)12/h7-8,13H,3-6H2,1-2H3,(H,14,15). The fourth-order valence-electron chi connectivity index (χ4n) is 1.60. The smallest absolute Gasteiger partial charge is 0.271 e. The molecule has 2 N–H and O–H groups in total. The summed E-state index contributed by atoms with van der Waals surface area (Å²) in [5, 5.41) is 5.21. The van der Waals surface area contributed by atoms with Gasteiger partial charge in [0.25, 0.3) is 5.92 Å². The van der Waals surface area contributed by atoms with Gasteiger partial charge in [0.1, 0.15) is 5.92 Å². The number of rotatable bonds is 3. The Morgan fingerprint density at radius 2 is 2.33 bits per heavy atom. The molecule has 1 saturated heterocycles. The molecule has 0 aromatic heterocycles. The van der Waals surface area contributed by atoms with E-state index in [1.165, 1.54) is 0 Å². The van der Waals surface area contributed by atoms with E-state index >= 15 is 0 Å². The molecule has 0 spiro atoms. The van der Waals surface area contributed by atoms with E-state index in [0.717, 1.165) is 6.42 Å². The van der Waals surface area contributed by atoms with E-state index in [1.54, 1.807) is 0 Å². The van der Waals surface area contributed by atoms with Crippen LogP contribution in [0.4, 0.5) is 8.78 Å². The molecule has 1 amide bonds. The third kappa shape index (κ3) is 3.12. The average Bonchev–Trinajstić information content (AvgIpc) is 2.16. The number of carbonyl (C=O) groups excluding carboxylic acids is 1. The van der Waals surface area contributed by atoms with Gasteiger partial charge in [-0.1, -0.05) is 6.92 Å². The van der Waals surface area contributed by atoms with E-state index in [4.69, 9.17) is 0 Å². The summed E-state index contributed by atoms with van der Waals surface area (Å²) in [6.45, 7) is 3.81. The largest absolute Gasteiger partial charge is 0.353 e. The monoisotopic (exact) mass is 220 g/mol. The summed E-state index contributed by atoms with van der Waals surface area (Å²) in [6, 6.07) is -0.0387. The van der Waals surface area contributed by atoms with Crippen LogP contribution in [0.1, 0.15) is 26.7 Å². The maximum Gasteiger partial charge on any atom is 0.271 e. The zero-order valence-corrected chi connectivity index (χ0v) is 9.15. The van der Waals surface area contributed by atoms with Crippen molar-refractivity contribution in [1.82, 2.24) is 10.6 Å². The molecule has 1 aliphatic heterocycles. The Morgan fingerprint density at radius 3 is 2.87 bits per heavy atom. The Bertz CT molecular complexity index is 233. The number of piperidine rings is 1. The Balaban J connectivity index is 2.57. The lowest BCUT2D eigenvalue weighted by molar-refractivity contribution is -0.143. The Labute approximate surface area is 88.6 Å². The molecule has 0 aromatic carbocycles.